The molecule has 2 aromatic rings. The number of nitro groups is 1. The van der Waals surface area contributed by atoms with Crippen LogP contribution in [0.1, 0.15) is 24.7 Å². The molecule has 0 fully saturated rings. The summed E-state index contributed by atoms with van der Waals surface area (Å²) in [6, 6.07) is 3.15. The van der Waals surface area contributed by atoms with E-state index in [1.54, 1.807) is 17.0 Å². The molecule has 0 aliphatic heterocycles. The Kier molecular flexibility index (Phi) is 3.52. The number of rotatable bonds is 4. The highest BCUT2D eigenvalue weighted by molar-refractivity contribution is 5.49. The monoisotopic (exact) mass is 257 g/mol. The molecule has 19 heavy (non-hydrogen) atoms. The Labute approximate surface area is 109 Å². The predicted molar refractivity (Wildman–Crippen MR) is 66.7 cm³/mol. The first-order chi connectivity index (χ1) is 9.17. The van der Waals surface area contributed by atoms with E-state index in [-0.39, 0.29) is 11.3 Å². The summed E-state index contributed by atoms with van der Waals surface area (Å²) in [5.74, 6) is 1.15. The van der Waals surface area contributed by atoms with Gasteiger partial charge in [-0.15, -0.1) is 0 Å². The number of pyridine rings is 1. The van der Waals surface area contributed by atoms with Crippen LogP contribution in [0.15, 0.2) is 24.7 Å². The first-order valence-electron chi connectivity index (χ1n) is 5.74. The second-order valence-electron chi connectivity index (χ2n) is 3.90. The third-order valence-corrected chi connectivity index (χ3v) is 2.60. The molecule has 0 aromatic carbocycles. The van der Waals surface area contributed by atoms with E-state index in [4.69, 9.17) is 5.26 Å². The number of aromatic nitrogens is 3. The minimum atomic E-state index is -0.571. The normalized spacial score (nSPS) is 10.1. The van der Waals surface area contributed by atoms with E-state index in [9.17, 15) is 10.1 Å². The molecular formula is C12H11N5O2. The fourth-order valence-corrected chi connectivity index (χ4v) is 1.76. The quantitative estimate of drug-likeness (QED) is 0.616. The first kappa shape index (κ1) is 12.7. The second-order valence-corrected chi connectivity index (χ2v) is 3.90. The largest absolute Gasteiger partial charge is 0.289 e. The highest BCUT2D eigenvalue weighted by Gasteiger charge is 2.15. The summed E-state index contributed by atoms with van der Waals surface area (Å²) in [6.07, 6.45) is 6.11. The van der Waals surface area contributed by atoms with Crippen LogP contribution in [0, 0.1) is 21.4 Å². The zero-order chi connectivity index (χ0) is 13.8. The summed E-state index contributed by atoms with van der Waals surface area (Å²) < 4.78 is 1.69. The Balaban J connectivity index is 2.53. The molecule has 0 bridgehead atoms. The molecule has 0 unspecified atom stereocenters. The standard InChI is InChI=1S/C12H11N5O2/c1-2-3-11-14-4-5-16(11)12-9(7-13)6-10(8-15-12)17(18)19/h4-6,8H,2-3H2,1H3. The van der Waals surface area contributed by atoms with Gasteiger partial charge in [-0.25, -0.2) is 9.97 Å². The van der Waals surface area contributed by atoms with Gasteiger partial charge in [-0.1, -0.05) is 6.92 Å². The molecule has 0 saturated heterocycles. The van der Waals surface area contributed by atoms with Crippen molar-refractivity contribution in [2.75, 3.05) is 0 Å². The molecule has 7 heteroatoms. The summed E-state index contributed by atoms with van der Waals surface area (Å²) in [5, 5.41) is 19.8. The van der Waals surface area contributed by atoms with Crippen LogP contribution in [0.25, 0.3) is 5.82 Å². The van der Waals surface area contributed by atoms with Crippen molar-refractivity contribution in [1.29, 1.82) is 5.26 Å². The fraction of sp³-hybridized carbons (Fsp3) is 0.250. The summed E-state index contributed by atoms with van der Waals surface area (Å²) in [6.45, 7) is 2.02. The van der Waals surface area contributed by atoms with Gasteiger partial charge in [0.15, 0.2) is 5.82 Å². The molecule has 0 radical (unpaired) electrons. The van der Waals surface area contributed by atoms with E-state index in [1.165, 1.54) is 6.07 Å². The molecular weight excluding hydrogens is 246 g/mol. The number of aryl methyl sites for hydroxylation is 1. The average Bonchev–Trinajstić information content (AvgIpc) is 2.86. The van der Waals surface area contributed by atoms with Crippen LogP contribution in [-0.4, -0.2) is 19.5 Å². The zero-order valence-corrected chi connectivity index (χ0v) is 10.3. The molecule has 0 spiro atoms. The highest BCUT2D eigenvalue weighted by Crippen LogP contribution is 2.19. The van der Waals surface area contributed by atoms with E-state index < -0.39 is 4.92 Å². The maximum atomic E-state index is 10.7. The number of hydrogen-bond donors (Lipinski definition) is 0. The molecule has 0 aliphatic carbocycles. The smallest absolute Gasteiger partial charge is 0.287 e. The molecule has 7 nitrogen and oxygen atoms in total. The van der Waals surface area contributed by atoms with Gasteiger partial charge in [0.2, 0.25) is 0 Å². The van der Waals surface area contributed by atoms with Gasteiger partial charge >= 0.3 is 0 Å². The first-order valence-corrected chi connectivity index (χ1v) is 5.74. The Morgan fingerprint density at radius 2 is 2.32 bits per heavy atom. The van der Waals surface area contributed by atoms with Gasteiger partial charge in [0.05, 0.1) is 4.92 Å². The maximum absolute atomic E-state index is 10.7. The summed E-state index contributed by atoms with van der Waals surface area (Å²) in [5.41, 5.74) is -0.0398. The van der Waals surface area contributed by atoms with Gasteiger partial charge < -0.3 is 0 Å². The molecule has 2 aromatic heterocycles. The van der Waals surface area contributed by atoms with Crippen molar-refractivity contribution < 1.29 is 4.92 Å². The lowest BCUT2D eigenvalue weighted by molar-refractivity contribution is -0.385. The van der Waals surface area contributed by atoms with Crippen LogP contribution in [0.5, 0.6) is 0 Å². The molecule has 0 saturated carbocycles. The van der Waals surface area contributed by atoms with Crippen molar-refractivity contribution in [1.82, 2.24) is 14.5 Å². The Hall–Kier alpha value is -2.75. The van der Waals surface area contributed by atoms with Gasteiger partial charge in [-0.3, -0.25) is 14.7 Å². The van der Waals surface area contributed by atoms with Crippen molar-refractivity contribution in [2.45, 2.75) is 19.8 Å². The molecule has 2 rings (SSSR count). The Bertz CT molecular complexity index is 656. The van der Waals surface area contributed by atoms with E-state index in [2.05, 4.69) is 9.97 Å². The second kappa shape index (κ2) is 5.27. The molecule has 0 aliphatic rings. The van der Waals surface area contributed by atoms with Crippen LogP contribution < -0.4 is 0 Å². The fourth-order valence-electron chi connectivity index (χ4n) is 1.76. The molecule has 0 N–H and O–H groups in total. The lowest BCUT2D eigenvalue weighted by atomic mass is 10.2. The topological polar surface area (TPSA) is 97.6 Å². The van der Waals surface area contributed by atoms with Crippen LogP contribution in [0.2, 0.25) is 0 Å². The van der Waals surface area contributed by atoms with Crippen LogP contribution in [-0.2, 0) is 6.42 Å². The van der Waals surface area contributed by atoms with Crippen molar-refractivity contribution in [3.63, 3.8) is 0 Å². The van der Waals surface area contributed by atoms with E-state index >= 15 is 0 Å². The highest BCUT2D eigenvalue weighted by atomic mass is 16.6. The van der Waals surface area contributed by atoms with Crippen LogP contribution >= 0.6 is 0 Å². The van der Waals surface area contributed by atoms with Crippen molar-refractivity contribution in [3.8, 4) is 11.9 Å². The molecule has 0 atom stereocenters. The molecule has 2 heterocycles. The molecule has 96 valence electrons. The number of nitrogens with zero attached hydrogens (tertiary/aromatic N) is 5. The SMILES string of the molecule is CCCc1nccn1-c1ncc([N+](=O)[O-])cc1C#N. The number of imidazole rings is 1. The predicted octanol–water partition coefficient (Wildman–Crippen LogP) is 2.00. The van der Waals surface area contributed by atoms with Gasteiger partial charge in [-0.05, 0) is 6.42 Å². The Morgan fingerprint density at radius 1 is 1.53 bits per heavy atom. The van der Waals surface area contributed by atoms with Crippen LogP contribution in [0.3, 0.4) is 0 Å². The summed E-state index contributed by atoms with van der Waals surface area (Å²) >= 11 is 0. The van der Waals surface area contributed by atoms with Gasteiger partial charge in [-0.2, -0.15) is 5.26 Å². The number of nitriles is 1. The van der Waals surface area contributed by atoms with Crippen LogP contribution in [0.4, 0.5) is 5.69 Å². The van der Waals surface area contributed by atoms with Gasteiger partial charge in [0.1, 0.15) is 23.7 Å². The van der Waals surface area contributed by atoms with Gasteiger partial charge in [0, 0.05) is 24.9 Å². The lowest BCUT2D eigenvalue weighted by Crippen LogP contribution is -2.05. The van der Waals surface area contributed by atoms with Gasteiger partial charge in [0.25, 0.3) is 5.69 Å². The van der Waals surface area contributed by atoms with E-state index in [1.807, 2.05) is 13.0 Å². The minimum absolute atomic E-state index is 0.157. The maximum Gasteiger partial charge on any atom is 0.289 e. The average molecular weight is 257 g/mol. The zero-order valence-electron chi connectivity index (χ0n) is 10.3. The van der Waals surface area contributed by atoms with Crippen molar-refractivity contribution in [3.05, 3.63) is 46.2 Å². The Morgan fingerprint density at radius 3 is 2.95 bits per heavy atom. The number of hydrogen-bond acceptors (Lipinski definition) is 5. The minimum Gasteiger partial charge on any atom is -0.287 e. The third kappa shape index (κ3) is 2.42. The van der Waals surface area contributed by atoms with Crippen molar-refractivity contribution >= 4 is 5.69 Å². The van der Waals surface area contributed by atoms with E-state index in [0.717, 1.165) is 24.9 Å². The lowest BCUT2D eigenvalue weighted by Gasteiger charge is -2.07. The third-order valence-electron chi connectivity index (χ3n) is 2.60. The van der Waals surface area contributed by atoms with Crippen molar-refractivity contribution in [2.24, 2.45) is 0 Å². The summed E-state index contributed by atoms with van der Waals surface area (Å²) in [7, 11) is 0. The summed E-state index contributed by atoms with van der Waals surface area (Å²) in [4.78, 5) is 18.3. The molecule has 0 amide bonds. The van der Waals surface area contributed by atoms with E-state index in [0.29, 0.717) is 5.82 Å².